The minimum absolute atomic E-state index is 0.206. The van der Waals surface area contributed by atoms with Crippen LogP contribution in [0.2, 0.25) is 0 Å². The van der Waals surface area contributed by atoms with Crippen molar-refractivity contribution in [2.24, 2.45) is 0 Å². The zero-order valence-electron chi connectivity index (χ0n) is 10.9. The smallest absolute Gasteiger partial charge is 0.310 e. The van der Waals surface area contributed by atoms with Gasteiger partial charge in [-0.1, -0.05) is 6.92 Å². The Kier molecular flexibility index (Phi) is 6.93. The number of hydrogen-bond acceptors (Lipinski definition) is 5. The first-order valence-electron chi connectivity index (χ1n) is 6.18. The lowest BCUT2D eigenvalue weighted by Gasteiger charge is -2.07. The summed E-state index contributed by atoms with van der Waals surface area (Å²) in [6.45, 7) is 3.56. The molecule has 0 aromatic carbocycles. The first-order chi connectivity index (χ1) is 8.65. The van der Waals surface area contributed by atoms with E-state index >= 15 is 0 Å². The van der Waals surface area contributed by atoms with Gasteiger partial charge in [0, 0.05) is 16.3 Å². The molecule has 0 amide bonds. The summed E-state index contributed by atoms with van der Waals surface area (Å²) in [7, 11) is 1.40. The van der Waals surface area contributed by atoms with Crippen LogP contribution in [-0.4, -0.2) is 30.8 Å². The molecule has 0 spiro atoms. The van der Waals surface area contributed by atoms with E-state index in [4.69, 9.17) is 0 Å². The number of carbonyl (C=O) groups excluding carboxylic acids is 1. The van der Waals surface area contributed by atoms with Crippen molar-refractivity contribution in [1.29, 1.82) is 0 Å². The predicted molar refractivity (Wildman–Crippen MR) is 72.7 cm³/mol. The maximum absolute atomic E-state index is 11.1. The van der Waals surface area contributed by atoms with E-state index in [0.717, 1.165) is 30.8 Å². The number of nitrogens with one attached hydrogen (secondary N) is 1. The van der Waals surface area contributed by atoms with Crippen molar-refractivity contribution in [2.75, 3.05) is 13.7 Å². The molecule has 1 aromatic rings. The quantitative estimate of drug-likeness (QED) is 0.558. The summed E-state index contributed by atoms with van der Waals surface area (Å²) in [5, 5.41) is 12.7. The van der Waals surface area contributed by atoms with Gasteiger partial charge in [-0.15, -0.1) is 11.3 Å². The Labute approximate surface area is 112 Å². The fourth-order valence-corrected chi connectivity index (χ4v) is 2.48. The average Bonchev–Trinajstić information content (AvgIpc) is 2.81. The molecule has 1 rings (SSSR count). The summed E-state index contributed by atoms with van der Waals surface area (Å²) >= 11 is 1.62. The number of thiophene rings is 1. The van der Waals surface area contributed by atoms with Gasteiger partial charge in [-0.3, -0.25) is 4.79 Å². The molecule has 1 atom stereocenters. The van der Waals surface area contributed by atoms with Crippen LogP contribution < -0.4 is 5.32 Å². The second-order valence-electron chi connectivity index (χ2n) is 4.15. The van der Waals surface area contributed by atoms with E-state index in [0.29, 0.717) is 6.42 Å². The van der Waals surface area contributed by atoms with Crippen LogP contribution in [0.5, 0.6) is 0 Å². The molecule has 4 nitrogen and oxygen atoms in total. The highest BCUT2D eigenvalue weighted by Crippen LogP contribution is 2.17. The van der Waals surface area contributed by atoms with Gasteiger partial charge >= 0.3 is 5.97 Å². The largest absolute Gasteiger partial charge is 0.469 e. The van der Waals surface area contributed by atoms with Crippen molar-refractivity contribution in [3.63, 3.8) is 0 Å². The number of rotatable bonds is 8. The number of aliphatic hydroxyl groups excluding tert-OH is 1. The molecule has 0 fully saturated rings. The highest BCUT2D eigenvalue weighted by atomic mass is 32.1. The summed E-state index contributed by atoms with van der Waals surface area (Å²) in [6, 6.07) is 3.98. The van der Waals surface area contributed by atoms with E-state index < -0.39 is 0 Å². The van der Waals surface area contributed by atoms with Crippen LogP contribution in [0.15, 0.2) is 12.1 Å². The molecular formula is C13H21NO3S. The first-order valence-corrected chi connectivity index (χ1v) is 7.00. The zero-order chi connectivity index (χ0) is 13.4. The fourth-order valence-electron chi connectivity index (χ4n) is 1.51. The minimum atomic E-state index is -0.212. The third-order valence-corrected chi connectivity index (χ3v) is 3.77. The van der Waals surface area contributed by atoms with Crippen LogP contribution in [0.25, 0.3) is 0 Å². The van der Waals surface area contributed by atoms with Crippen LogP contribution in [0.4, 0.5) is 0 Å². The van der Waals surface area contributed by atoms with Gasteiger partial charge in [-0.25, -0.2) is 0 Å². The van der Waals surface area contributed by atoms with Crippen molar-refractivity contribution < 1.29 is 14.6 Å². The Balaban J connectivity index is 2.25. The van der Waals surface area contributed by atoms with Crippen molar-refractivity contribution in [3.05, 3.63) is 21.9 Å². The van der Waals surface area contributed by atoms with Crippen LogP contribution in [0.3, 0.4) is 0 Å². The molecular weight excluding hydrogens is 250 g/mol. The van der Waals surface area contributed by atoms with Gasteiger partial charge in [0.2, 0.25) is 0 Å². The number of ether oxygens (including phenoxy) is 1. The summed E-state index contributed by atoms with van der Waals surface area (Å²) in [6.07, 6.45) is 1.70. The van der Waals surface area contributed by atoms with Crippen molar-refractivity contribution in [3.8, 4) is 0 Å². The van der Waals surface area contributed by atoms with E-state index in [-0.39, 0.29) is 12.1 Å². The summed E-state index contributed by atoms with van der Waals surface area (Å²) in [4.78, 5) is 13.3. The molecule has 0 radical (unpaired) electrons. The van der Waals surface area contributed by atoms with Crippen molar-refractivity contribution in [1.82, 2.24) is 5.32 Å². The summed E-state index contributed by atoms with van der Waals surface area (Å²) in [5.74, 6) is -0.206. The van der Waals surface area contributed by atoms with Gasteiger partial charge < -0.3 is 15.2 Å². The summed E-state index contributed by atoms with van der Waals surface area (Å²) < 4.78 is 4.62. The van der Waals surface area contributed by atoms with Gasteiger partial charge in [0.1, 0.15) is 0 Å². The number of esters is 1. The van der Waals surface area contributed by atoms with E-state index in [2.05, 4.69) is 10.1 Å². The van der Waals surface area contributed by atoms with Gasteiger partial charge in [0.25, 0.3) is 0 Å². The van der Waals surface area contributed by atoms with Gasteiger partial charge in [-0.05, 0) is 31.5 Å². The van der Waals surface area contributed by atoms with Gasteiger partial charge in [0.05, 0.1) is 19.6 Å². The normalized spacial score (nSPS) is 12.4. The van der Waals surface area contributed by atoms with Gasteiger partial charge in [0.15, 0.2) is 0 Å². The van der Waals surface area contributed by atoms with Crippen LogP contribution in [-0.2, 0) is 22.5 Å². The number of hydrogen-bond donors (Lipinski definition) is 2. The predicted octanol–water partition coefficient (Wildman–Crippen LogP) is 1.71. The Morgan fingerprint density at radius 1 is 1.50 bits per heavy atom. The van der Waals surface area contributed by atoms with E-state index in [9.17, 15) is 9.90 Å². The Morgan fingerprint density at radius 2 is 2.22 bits per heavy atom. The SMILES string of the molecule is CCC(O)CCNCc1ccc(CC(=O)OC)s1. The average molecular weight is 271 g/mol. The molecule has 0 aliphatic rings. The van der Waals surface area contributed by atoms with Crippen LogP contribution in [0.1, 0.15) is 29.5 Å². The molecule has 0 aliphatic carbocycles. The Hall–Kier alpha value is -0.910. The third kappa shape index (κ3) is 5.62. The van der Waals surface area contributed by atoms with Crippen LogP contribution >= 0.6 is 11.3 Å². The second kappa shape index (κ2) is 8.24. The Bertz CT molecular complexity index is 365. The molecule has 0 bridgehead atoms. The fraction of sp³-hybridized carbons (Fsp3) is 0.615. The molecule has 1 unspecified atom stereocenters. The zero-order valence-corrected chi connectivity index (χ0v) is 11.8. The Morgan fingerprint density at radius 3 is 2.89 bits per heavy atom. The molecule has 102 valence electrons. The topological polar surface area (TPSA) is 58.6 Å². The molecule has 0 saturated carbocycles. The van der Waals surface area contributed by atoms with Crippen molar-refractivity contribution >= 4 is 17.3 Å². The first kappa shape index (κ1) is 15.1. The molecule has 5 heteroatoms. The number of carbonyl (C=O) groups is 1. The highest BCUT2D eigenvalue weighted by Gasteiger charge is 2.06. The minimum Gasteiger partial charge on any atom is -0.469 e. The molecule has 18 heavy (non-hydrogen) atoms. The third-order valence-electron chi connectivity index (χ3n) is 2.69. The van der Waals surface area contributed by atoms with Gasteiger partial charge in [-0.2, -0.15) is 0 Å². The number of methoxy groups -OCH3 is 1. The molecule has 0 aliphatic heterocycles. The maximum atomic E-state index is 11.1. The van der Waals surface area contributed by atoms with E-state index in [1.807, 2.05) is 19.1 Å². The standard InChI is InChI=1S/C13H21NO3S/c1-3-10(15)6-7-14-9-12-5-4-11(18-12)8-13(16)17-2/h4-5,10,14-15H,3,6-9H2,1-2H3. The molecule has 2 N–H and O–H groups in total. The van der Waals surface area contributed by atoms with E-state index in [1.54, 1.807) is 11.3 Å². The number of aliphatic hydroxyl groups is 1. The molecule has 1 aromatic heterocycles. The lowest BCUT2D eigenvalue weighted by Crippen LogP contribution is -2.19. The van der Waals surface area contributed by atoms with E-state index in [1.165, 1.54) is 12.0 Å². The molecule has 0 saturated heterocycles. The second-order valence-corrected chi connectivity index (χ2v) is 5.40. The lowest BCUT2D eigenvalue weighted by atomic mass is 10.2. The maximum Gasteiger partial charge on any atom is 0.310 e. The van der Waals surface area contributed by atoms with Crippen molar-refractivity contribution in [2.45, 2.75) is 38.8 Å². The lowest BCUT2D eigenvalue weighted by molar-refractivity contribution is -0.139. The van der Waals surface area contributed by atoms with Crippen LogP contribution in [0, 0.1) is 0 Å². The summed E-state index contributed by atoms with van der Waals surface area (Å²) in [5.41, 5.74) is 0. The monoisotopic (exact) mass is 271 g/mol. The molecule has 1 heterocycles. The highest BCUT2D eigenvalue weighted by molar-refractivity contribution is 7.12.